The fraction of sp³-hybridized carbons (Fsp3) is 0.833. The number of rotatable bonds is 3. The summed E-state index contributed by atoms with van der Waals surface area (Å²) < 4.78 is 0. The van der Waals surface area contributed by atoms with Crippen LogP contribution in [-0.2, 0) is 0 Å². The number of allylic oxidation sites excluding steroid dienone is 2. The second-order valence-corrected chi connectivity index (χ2v) is 4.66. The molecule has 0 amide bonds. The molecule has 3 atom stereocenters. The Hall–Kier alpha value is -0.340. The zero-order chi connectivity index (χ0) is 9.80. The highest BCUT2D eigenvalue weighted by atomic mass is 16.3. The predicted molar refractivity (Wildman–Crippen MR) is 58.1 cm³/mol. The standard InChI is InChI=1S/C12H21NO/c14-12-8-4-7-11(12)13-9-10-5-2-1-3-6-10/h1-2,10-14H,3-9H2. The molecule has 0 aromatic carbocycles. The van der Waals surface area contributed by atoms with Crippen molar-refractivity contribution in [1.29, 1.82) is 0 Å². The van der Waals surface area contributed by atoms with Crippen molar-refractivity contribution >= 4 is 0 Å². The molecule has 0 radical (unpaired) electrons. The molecule has 0 aromatic rings. The largest absolute Gasteiger partial charge is 0.392 e. The number of nitrogens with one attached hydrogen (secondary N) is 1. The topological polar surface area (TPSA) is 32.3 Å². The zero-order valence-electron chi connectivity index (χ0n) is 8.78. The van der Waals surface area contributed by atoms with Crippen LogP contribution in [0.5, 0.6) is 0 Å². The van der Waals surface area contributed by atoms with Crippen molar-refractivity contribution in [2.75, 3.05) is 6.54 Å². The molecule has 0 spiro atoms. The van der Waals surface area contributed by atoms with Crippen molar-refractivity contribution in [2.45, 2.75) is 50.7 Å². The Morgan fingerprint density at radius 1 is 1.21 bits per heavy atom. The average molecular weight is 195 g/mol. The number of hydrogen-bond acceptors (Lipinski definition) is 2. The van der Waals surface area contributed by atoms with E-state index in [9.17, 15) is 5.11 Å². The van der Waals surface area contributed by atoms with Crippen molar-refractivity contribution in [2.24, 2.45) is 5.92 Å². The molecule has 14 heavy (non-hydrogen) atoms. The third-order valence-electron chi connectivity index (χ3n) is 3.53. The minimum Gasteiger partial charge on any atom is -0.392 e. The van der Waals surface area contributed by atoms with Crippen LogP contribution < -0.4 is 5.32 Å². The van der Waals surface area contributed by atoms with Gasteiger partial charge in [0, 0.05) is 6.04 Å². The Morgan fingerprint density at radius 3 is 2.79 bits per heavy atom. The Balaban J connectivity index is 1.68. The SMILES string of the molecule is OC1CCCC1NCC1CC=CCC1. The van der Waals surface area contributed by atoms with Crippen molar-refractivity contribution in [3.05, 3.63) is 12.2 Å². The molecule has 0 saturated heterocycles. The molecule has 2 aliphatic carbocycles. The van der Waals surface area contributed by atoms with Crippen molar-refractivity contribution in [3.8, 4) is 0 Å². The van der Waals surface area contributed by atoms with Gasteiger partial charge in [0.05, 0.1) is 6.10 Å². The van der Waals surface area contributed by atoms with Gasteiger partial charge in [-0.05, 0) is 51.0 Å². The number of aliphatic hydroxyl groups excluding tert-OH is 1. The minimum atomic E-state index is -0.0888. The Labute approximate surface area is 86.4 Å². The van der Waals surface area contributed by atoms with E-state index in [2.05, 4.69) is 17.5 Å². The quantitative estimate of drug-likeness (QED) is 0.674. The lowest BCUT2D eigenvalue weighted by molar-refractivity contribution is 0.146. The molecular weight excluding hydrogens is 174 g/mol. The number of hydrogen-bond donors (Lipinski definition) is 2. The van der Waals surface area contributed by atoms with E-state index >= 15 is 0 Å². The molecular formula is C12H21NO. The van der Waals surface area contributed by atoms with Crippen LogP contribution in [0.3, 0.4) is 0 Å². The molecule has 0 heterocycles. The van der Waals surface area contributed by atoms with Gasteiger partial charge >= 0.3 is 0 Å². The summed E-state index contributed by atoms with van der Waals surface area (Å²) in [6.45, 7) is 1.09. The van der Waals surface area contributed by atoms with E-state index in [1.807, 2.05) is 0 Å². The summed E-state index contributed by atoms with van der Waals surface area (Å²) in [6, 6.07) is 0.376. The zero-order valence-corrected chi connectivity index (χ0v) is 8.78. The van der Waals surface area contributed by atoms with Gasteiger partial charge in [-0.25, -0.2) is 0 Å². The van der Waals surface area contributed by atoms with Crippen LogP contribution >= 0.6 is 0 Å². The van der Waals surface area contributed by atoms with Crippen LogP contribution in [0.1, 0.15) is 38.5 Å². The average Bonchev–Trinajstić information content (AvgIpc) is 2.63. The predicted octanol–water partition coefficient (Wildman–Crippen LogP) is 1.85. The first kappa shape index (κ1) is 10.2. The van der Waals surface area contributed by atoms with Crippen LogP contribution in [0, 0.1) is 5.92 Å². The van der Waals surface area contributed by atoms with Gasteiger partial charge in [0.15, 0.2) is 0 Å². The first-order chi connectivity index (χ1) is 6.86. The van der Waals surface area contributed by atoms with Crippen molar-refractivity contribution in [1.82, 2.24) is 5.32 Å². The van der Waals surface area contributed by atoms with Gasteiger partial charge in [-0.1, -0.05) is 12.2 Å². The molecule has 2 nitrogen and oxygen atoms in total. The third-order valence-corrected chi connectivity index (χ3v) is 3.53. The van der Waals surface area contributed by atoms with Crippen molar-refractivity contribution in [3.63, 3.8) is 0 Å². The summed E-state index contributed by atoms with van der Waals surface area (Å²) in [5, 5.41) is 13.2. The molecule has 0 bridgehead atoms. The highest BCUT2D eigenvalue weighted by Gasteiger charge is 2.25. The van der Waals surface area contributed by atoms with E-state index in [4.69, 9.17) is 0 Å². The van der Waals surface area contributed by atoms with Crippen molar-refractivity contribution < 1.29 is 5.11 Å². The number of aliphatic hydroxyl groups is 1. The second kappa shape index (κ2) is 4.94. The summed E-state index contributed by atoms with van der Waals surface area (Å²) in [7, 11) is 0. The normalized spacial score (nSPS) is 37.6. The molecule has 3 unspecified atom stereocenters. The fourth-order valence-electron chi connectivity index (χ4n) is 2.54. The molecule has 2 heteroatoms. The maximum atomic E-state index is 9.64. The smallest absolute Gasteiger partial charge is 0.0693 e. The van der Waals surface area contributed by atoms with Gasteiger partial charge in [-0.15, -0.1) is 0 Å². The van der Waals surface area contributed by atoms with Crippen LogP contribution in [0.15, 0.2) is 12.2 Å². The molecule has 2 rings (SSSR count). The molecule has 2 N–H and O–H groups in total. The van der Waals surface area contributed by atoms with Crippen LogP contribution in [0.2, 0.25) is 0 Å². The summed E-state index contributed by atoms with van der Waals surface area (Å²) in [6.07, 6.45) is 11.6. The van der Waals surface area contributed by atoms with E-state index in [1.54, 1.807) is 0 Å². The van der Waals surface area contributed by atoms with Gasteiger partial charge < -0.3 is 10.4 Å². The van der Waals surface area contributed by atoms with Crippen LogP contribution in [0.25, 0.3) is 0 Å². The van der Waals surface area contributed by atoms with Gasteiger partial charge in [0.1, 0.15) is 0 Å². The van der Waals surface area contributed by atoms with E-state index in [0.717, 1.165) is 25.3 Å². The lowest BCUT2D eigenvalue weighted by Gasteiger charge is -2.22. The lowest BCUT2D eigenvalue weighted by atomic mass is 9.94. The molecule has 2 aliphatic rings. The maximum Gasteiger partial charge on any atom is 0.0693 e. The monoisotopic (exact) mass is 195 g/mol. The van der Waals surface area contributed by atoms with E-state index in [0.29, 0.717) is 6.04 Å². The van der Waals surface area contributed by atoms with Crippen LogP contribution in [-0.4, -0.2) is 23.8 Å². The van der Waals surface area contributed by atoms with E-state index in [-0.39, 0.29) is 6.10 Å². The van der Waals surface area contributed by atoms with Gasteiger partial charge in [0.25, 0.3) is 0 Å². The molecule has 1 fully saturated rings. The summed E-state index contributed by atoms with van der Waals surface area (Å²) in [5.74, 6) is 0.799. The fourth-order valence-corrected chi connectivity index (χ4v) is 2.54. The van der Waals surface area contributed by atoms with Gasteiger partial charge in [-0.3, -0.25) is 0 Å². The van der Waals surface area contributed by atoms with Gasteiger partial charge in [-0.2, -0.15) is 0 Å². The molecule has 0 aliphatic heterocycles. The second-order valence-electron chi connectivity index (χ2n) is 4.66. The first-order valence-corrected chi connectivity index (χ1v) is 5.92. The highest BCUT2D eigenvalue weighted by molar-refractivity contribution is 4.91. The molecule has 80 valence electrons. The highest BCUT2D eigenvalue weighted by Crippen LogP contribution is 2.21. The maximum absolute atomic E-state index is 9.64. The Bertz CT molecular complexity index is 202. The Kier molecular flexibility index (Phi) is 3.60. The summed E-state index contributed by atoms with van der Waals surface area (Å²) >= 11 is 0. The van der Waals surface area contributed by atoms with E-state index in [1.165, 1.54) is 25.7 Å². The minimum absolute atomic E-state index is 0.0888. The summed E-state index contributed by atoms with van der Waals surface area (Å²) in [4.78, 5) is 0. The summed E-state index contributed by atoms with van der Waals surface area (Å²) in [5.41, 5.74) is 0. The molecule has 1 saturated carbocycles. The van der Waals surface area contributed by atoms with Gasteiger partial charge in [0.2, 0.25) is 0 Å². The van der Waals surface area contributed by atoms with E-state index < -0.39 is 0 Å². The first-order valence-electron chi connectivity index (χ1n) is 5.92. The molecule has 0 aromatic heterocycles. The lowest BCUT2D eigenvalue weighted by Crippen LogP contribution is -2.38. The van der Waals surface area contributed by atoms with Crippen LogP contribution in [0.4, 0.5) is 0 Å². The Morgan fingerprint density at radius 2 is 2.14 bits per heavy atom. The third kappa shape index (κ3) is 2.58.